The number of aliphatic hydroxyl groups is 2. The topological polar surface area (TPSA) is 80.6 Å². The van der Waals surface area contributed by atoms with Gasteiger partial charge < -0.3 is 29.2 Å². The van der Waals surface area contributed by atoms with Gasteiger partial charge in [-0.15, -0.1) is 0 Å². The SMILES string of the molecule is COC(C[C@@H](C)C1C[C@H](O)[C@@]2(C)C3CC[C@H]4C(C)(C)C(O[C@H]5CN(C6COC6)CCO5)CCC45CC35CCC12C)C(O)C(C)(C)C. The Morgan fingerprint density at radius 1 is 0.978 bits per heavy atom. The molecule has 2 heterocycles. The smallest absolute Gasteiger partial charge is 0.170 e. The van der Waals surface area contributed by atoms with E-state index in [0.717, 1.165) is 52.2 Å². The molecule has 7 fully saturated rings. The van der Waals surface area contributed by atoms with Gasteiger partial charge >= 0.3 is 0 Å². The number of rotatable bonds is 8. The molecule has 0 aromatic carbocycles. The number of hydrogen-bond acceptors (Lipinski definition) is 7. The highest BCUT2D eigenvalue weighted by Crippen LogP contribution is 2.89. The van der Waals surface area contributed by atoms with E-state index in [9.17, 15) is 10.2 Å². The number of hydrogen-bond donors (Lipinski definition) is 2. The fraction of sp³-hybridized carbons (Fsp3) is 1.00. The molecule has 0 amide bonds. The molecule has 0 radical (unpaired) electrons. The third kappa shape index (κ3) is 4.74. The molecule has 264 valence electrons. The molecule has 0 bridgehead atoms. The van der Waals surface area contributed by atoms with E-state index in [1.807, 2.05) is 0 Å². The normalized spacial score (nSPS) is 49.1. The van der Waals surface area contributed by atoms with Crippen LogP contribution in [0.3, 0.4) is 0 Å². The summed E-state index contributed by atoms with van der Waals surface area (Å²) in [5, 5.41) is 23.3. The monoisotopic (exact) mass is 645 g/mol. The summed E-state index contributed by atoms with van der Waals surface area (Å²) in [5.74, 6) is 2.05. The maximum atomic E-state index is 12.1. The second kappa shape index (κ2) is 11.4. The molecule has 7 nitrogen and oxygen atoms in total. The van der Waals surface area contributed by atoms with Crippen LogP contribution in [0, 0.1) is 56.2 Å². The Labute approximate surface area is 279 Å². The Balaban J connectivity index is 1.07. The molecular weight excluding hydrogens is 578 g/mol. The van der Waals surface area contributed by atoms with Crippen molar-refractivity contribution in [2.75, 3.05) is 40.0 Å². The van der Waals surface area contributed by atoms with Crippen LogP contribution in [-0.4, -0.2) is 91.9 Å². The molecule has 0 aromatic rings. The van der Waals surface area contributed by atoms with E-state index in [4.69, 9.17) is 18.9 Å². The quantitative estimate of drug-likeness (QED) is 0.321. The second-order valence-corrected chi connectivity index (χ2v) is 19.5. The molecule has 46 heavy (non-hydrogen) atoms. The van der Waals surface area contributed by atoms with Crippen molar-refractivity contribution in [3.63, 3.8) is 0 Å². The molecule has 7 aliphatic rings. The van der Waals surface area contributed by atoms with Crippen LogP contribution in [0.15, 0.2) is 0 Å². The summed E-state index contributed by atoms with van der Waals surface area (Å²) >= 11 is 0. The predicted octanol–water partition coefficient (Wildman–Crippen LogP) is 6.29. The Kier molecular flexibility index (Phi) is 8.45. The lowest BCUT2D eigenvalue weighted by atomic mass is 9.41. The first-order valence-electron chi connectivity index (χ1n) is 19.0. The van der Waals surface area contributed by atoms with E-state index in [0.29, 0.717) is 40.5 Å². The van der Waals surface area contributed by atoms with Crippen molar-refractivity contribution in [3.8, 4) is 0 Å². The van der Waals surface area contributed by atoms with Crippen LogP contribution in [0.1, 0.15) is 113 Å². The number of aliphatic hydroxyl groups excluding tert-OH is 2. The highest BCUT2D eigenvalue weighted by Gasteiger charge is 2.83. The van der Waals surface area contributed by atoms with Crippen LogP contribution < -0.4 is 0 Å². The van der Waals surface area contributed by atoms with Crippen molar-refractivity contribution in [2.45, 2.75) is 150 Å². The van der Waals surface area contributed by atoms with Gasteiger partial charge in [0.15, 0.2) is 6.29 Å². The van der Waals surface area contributed by atoms with Crippen LogP contribution in [-0.2, 0) is 18.9 Å². The number of methoxy groups -OCH3 is 1. The Bertz CT molecular complexity index is 1140. The molecular formula is C39H67NO6. The molecule has 2 N–H and O–H groups in total. The summed E-state index contributed by atoms with van der Waals surface area (Å²) in [4.78, 5) is 2.51. The lowest BCUT2D eigenvalue weighted by molar-refractivity contribution is -0.256. The maximum absolute atomic E-state index is 12.1. The zero-order chi connectivity index (χ0) is 33.1. The van der Waals surface area contributed by atoms with Gasteiger partial charge in [-0.25, -0.2) is 0 Å². The molecule has 7 rings (SSSR count). The first-order chi connectivity index (χ1) is 21.5. The molecule has 5 saturated carbocycles. The maximum Gasteiger partial charge on any atom is 0.170 e. The zero-order valence-corrected chi connectivity index (χ0v) is 30.6. The molecule has 2 spiro atoms. The summed E-state index contributed by atoms with van der Waals surface area (Å²) < 4.78 is 24.5. The molecule has 7 heteroatoms. The molecule has 5 aliphatic carbocycles. The van der Waals surface area contributed by atoms with E-state index < -0.39 is 6.10 Å². The Hall–Kier alpha value is -0.280. The summed E-state index contributed by atoms with van der Waals surface area (Å²) in [7, 11) is 1.75. The van der Waals surface area contributed by atoms with Gasteiger partial charge in [0, 0.05) is 19.1 Å². The van der Waals surface area contributed by atoms with Gasteiger partial charge in [-0.05, 0) is 109 Å². The van der Waals surface area contributed by atoms with Crippen molar-refractivity contribution in [1.29, 1.82) is 0 Å². The standard InChI is InChI=1S/C39H67NO6/c1-24(18-27(43-9)33(42)34(2,3)4)26-19-30(41)37(8)29-11-10-28-35(5,6)31(46-32-20-40(16-17-45-32)25-21-44-22-25)12-13-38(28)23-39(29,38)15-14-36(26,37)7/h24-33,41-42H,10-23H2,1-9H3/t24-,26?,27?,28+,29?,30+,31?,32+,33?,36?,37-,38?,39?/m1/s1. The second-order valence-electron chi connectivity index (χ2n) is 19.5. The van der Waals surface area contributed by atoms with Crippen LogP contribution in [0.2, 0.25) is 0 Å². The van der Waals surface area contributed by atoms with Crippen LogP contribution >= 0.6 is 0 Å². The number of morpholine rings is 1. The van der Waals surface area contributed by atoms with Crippen molar-refractivity contribution in [3.05, 3.63) is 0 Å². The fourth-order valence-corrected chi connectivity index (χ4v) is 13.6. The van der Waals surface area contributed by atoms with E-state index in [2.05, 4.69) is 60.3 Å². The lowest BCUT2D eigenvalue weighted by Gasteiger charge is -2.64. The molecule has 2 saturated heterocycles. The molecule has 2 aliphatic heterocycles. The van der Waals surface area contributed by atoms with E-state index in [1.165, 1.54) is 38.5 Å². The van der Waals surface area contributed by atoms with Gasteiger partial charge in [0.1, 0.15) is 0 Å². The minimum atomic E-state index is -0.509. The highest BCUT2D eigenvalue weighted by molar-refractivity contribution is 5.31. The van der Waals surface area contributed by atoms with Gasteiger partial charge in [0.2, 0.25) is 0 Å². The van der Waals surface area contributed by atoms with E-state index >= 15 is 0 Å². The third-order valence-corrected chi connectivity index (χ3v) is 16.5. The summed E-state index contributed by atoms with van der Waals surface area (Å²) in [6, 6.07) is 0.530. The zero-order valence-electron chi connectivity index (χ0n) is 30.6. The number of fused-ring (bicyclic) bond motifs is 2. The average molecular weight is 646 g/mol. The predicted molar refractivity (Wildman–Crippen MR) is 179 cm³/mol. The number of nitrogens with zero attached hydrogens (tertiary/aromatic N) is 1. The fourth-order valence-electron chi connectivity index (χ4n) is 13.6. The van der Waals surface area contributed by atoms with E-state index in [-0.39, 0.29) is 46.3 Å². The Morgan fingerprint density at radius 2 is 1.67 bits per heavy atom. The van der Waals surface area contributed by atoms with Crippen molar-refractivity contribution in [1.82, 2.24) is 4.90 Å². The van der Waals surface area contributed by atoms with Gasteiger partial charge in [0.05, 0.1) is 56.8 Å². The van der Waals surface area contributed by atoms with Crippen LogP contribution in [0.5, 0.6) is 0 Å². The summed E-state index contributed by atoms with van der Waals surface area (Å²) in [5.41, 5.74) is 0.658. The lowest BCUT2D eigenvalue weighted by Crippen LogP contribution is -2.60. The van der Waals surface area contributed by atoms with Crippen molar-refractivity contribution in [2.24, 2.45) is 56.2 Å². The van der Waals surface area contributed by atoms with Gasteiger partial charge in [-0.3, -0.25) is 4.90 Å². The Morgan fingerprint density at radius 3 is 2.33 bits per heavy atom. The van der Waals surface area contributed by atoms with Crippen LogP contribution in [0.25, 0.3) is 0 Å². The minimum Gasteiger partial charge on any atom is -0.393 e. The summed E-state index contributed by atoms with van der Waals surface area (Å²) in [6.45, 7) is 23.0. The van der Waals surface area contributed by atoms with Gasteiger partial charge in [-0.1, -0.05) is 55.4 Å². The van der Waals surface area contributed by atoms with Gasteiger partial charge in [-0.2, -0.15) is 0 Å². The van der Waals surface area contributed by atoms with Gasteiger partial charge in [0.25, 0.3) is 0 Å². The summed E-state index contributed by atoms with van der Waals surface area (Å²) in [6.07, 6.45) is 9.56. The first kappa shape index (κ1) is 34.2. The highest BCUT2D eigenvalue weighted by atomic mass is 16.7. The molecule has 13 atom stereocenters. The van der Waals surface area contributed by atoms with Crippen molar-refractivity contribution >= 4 is 0 Å². The largest absolute Gasteiger partial charge is 0.393 e. The van der Waals surface area contributed by atoms with Crippen molar-refractivity contribution < 1.29 is 29.2 Å². The average Bonchev–Trinajstić information content (AvgIpc) is 3.58. The van der Waals surface area contributed by atoms with E-state index in [1.54, 1.807) is 7.11 Å². The minimum absolute atomic E-state index is 0.0774. The molecule has 8 unspecified atom stereocenters. The third-order valence-electron chi connectivity index (χ3n) is 16.5. The number of ether oxygens (including phenoxy) is 4. The van der Waals surface area contributed by atoms with Crippen LogP contribution in [0.4, 0.5) is 0 Å². The molecule has 0 aromatic heterocycles. The first-order valence-corrected chi connectivity index (χ1v) is 19.0.